The molecule has 0 aromatic heterocycles. The molecule has 2 rings (SSSR count). The second-order valence-electron chi connectivity index (χ2n) is 4.71. The lowest BCUT2D eigenvalue weighted by molar-refractivity contribution is -0.121. The van der Waals surface area contributed by atoms with Crippen molar-refractivity contribution in [2.24, 2.45) is 5.92 Å². The van der Waals surface area contributed by atoms with Crippen LogP contribution < -0.4 is 5.32 Å². The second kappa shape index (κ2) is 5.19. The number of nitrogens with one attached hydrogen (secondary N) is 1. The van der Waals surface area contributed by atoms with Crippen LogP contribution in [0.15, 0.2) is 24.0 Å². The van der Waals surface area contributed by atoms with E-state index in [0.717, 1.165) is 18.8 Å². The minimum Gasteiger partial charge on any atom is -0.484 e. The zero-order valence-electron chi connectivity index (χ0n) is 9.74. The molecule has 0 spiro atoms. The van der Waals surface area contributed by atoms with E-state index in [4.69, 9.17) is 4.74 Å². The van der Waals surface area contributed by atoms with Crippen molar-refractivity contribution in [1.29, 1.82) is 0 Å². The molecule has 16 heavy (non-hydrogen) atoms. The topological polar surface area (TPSA) is 38.3 Å². The van der Waals surface area contributed by atoms with Gasteiger partial charge in [0.2, 0.25) is 0 Å². The van der Waals surface area contributed by atoms with Gasteiger partial charge in [0.1, 0.15) is 6.61 Å². The van der Waals surface area contributed by atoms with E-state index in [9.17, 15) is 4.79 Å². The quantitative estimate of drug-likeness (QED) is 0.776. The zero-order valence-corrected chi connectivity index (χ0v) is 9.74. The van der Waals surface area contributed by atoms with Crippen molar-refractivity contribution in [3.05, 3.63) is 24.0 Å². The van der Waals surface area contributed by atoms with Gasteiger partial charge in [-0.15, -0.1) is 0 Å². The molecule has 2 unspecified atom stereocenters. The maximum atomic E-state index is 11.8. The summed E-state index contributed by atoms with van der Waals surface area (Å²) < 4.78 is 5.27. The molecule has 0 radical (unpaired) electrons. The van der Waals surface area contributed by atoms with Crippen molar-refractivity contribution in [1.82, 2.24) is 5.32 Å². The number of allylic oxidation sites excluding steroid dienone is 2. The highest BCUT2D eigenvalue weighted by atomic mass is 16.5. The Morgan fingerprint density at radius 3 is 3.06 bits per heavy atom. The van der Waals surface area contributed by atoms with Crippen LogP contribution in [0.3, 0.4) is 0 Å². The largest absolute Gasteiger partial charge is 0.484 e. The van der Waals surface area contributed by atoms with Gasteiger partial charge in [0.15, 0.2) is 5.76 Å². The van der Waals surface area contributed by atoms with Gasteiger partial charge in [-0.3, -0.25) is 4.79 Å². The van der Waals surface area contributed by atoms with Gasteiger partial charge in [-0.2, -0.15) is 0 Å². The van der Waals surface area contributed by atoms with Crippen LogP contribution >= 0.6 is 0 Å². The molecule has 2 atom stereocenters. The van der Waals surface area contributed by atoms with Crippen LogP contribution in [0.4, 0.5) is 0 Å². The Balaban J connectivity index is 1.86. The van der Waals surface area contributed by atoms with Crippen LogP contribution in [0.25, 0.3) is 0 Å². The Morgan fingerprint density at radius 1 is 1.50 bits per heavy atom. The second-order valence-corrected chi connectivity index (χ2v) is 4.71. The maximum absolute atomic E-state index is 11.8. The molecule has 1 amide bonds. The van der Waals surface area contributed by atoms with Gasteiger partial charge in [-0.25, -0.2) is 0 Å². The highest BCUT2D eigenvalue weighted by Gasteiger charge is 2.22. The van der Waals surface area contributed by atoms with E-state index < -0.39 is 0 Å². The van der Waals surface area contributed by atoms with E-state index in [-0.39, 0.29) is 5.91 Å². The normalized spacial score (nSPS) is 29.2. The van der Waals surface area contributed by atoms with Gasteiger partial charge < -0.3 is 10.1 Å². The van der Waals surface area contributed by atoms with Crippen molar-refractivity contribution in [3.8, 4) is 0 Å². The van der Waals surface area contributed by atoms with Crippen LogP contribution in [0.1, 0.15) is 32.6 Å². The first-order valence-electron chi connectivity index (χ1n) is 6.06. The summed E-state index contributed by atoms with van der Waals surface area (Å²) in [5.41, 5.74) is 0. The maximum Gasteiger partial charge on any atom is 0.286 e. The molecule has 2 aliphatic rings. The minimum absolute atomic E-state index is 0.0662. The molecule has 1 heterocycles. The average Bonchev–Trinajstić information content (AvgIpc) is 2.30. The van der Waals surface area contributed by atoms with Crippen LogP contribution in [-0.4, -0.2) is 18.6 Å². The van der Waals surface area contributed by atoms with Crippen molar-refractivity contribution in [2.45, 2.75) is 38.6 Å². The summed E-state index contributed by atoms with van der Waals surface area (Å²) in [5.74, 6) is 1.10. The molecule has 1 fully saturated rings. The van der Waals surface area contributed by atoms with Gasteiger partial charge in [-0.05, 0) is 30.9 Å². The number of carbonyl (C=O) groups excluding carboxylic acids is 1. The Morgan fingerprint density at radius 2 is 2.38 bits per heavy atom. The lowest BCUT2D eigenvalue weighted by atomic mass is 9.87. The molecule has 0 aromatic rings. The lowest BCUT2D eigenvalue weighted by Gasteiger charge is -2.27. The van der Waals surface area contributed by atoms with E-state index in [1.807, 2.05) is 12.2 Å². The summed E-state index contributed by atoms with van der Waals surface area (Å²) in [6.45, 7) is 2.75. The highest BCUT2D eigenvalue weighted by Crippen LogP contribution is 2.23. The fourth-order valence-corrected chi connectivity index (χ4v) is 2.36. The molecule has 1 aliphatic heterocycles. The Bertz CT molecular complexity index is 320. The van der Waals surface area contributed by atoms with Crippen LogP contribution in [-0.2, 0) is 9.53 Å². The van der Waals surface area contributed by atoms with Crippen LogP contribution in [0.5, 0.6) is 0 Å². The summed E-state index contributed by atoms with van der Waals surface area (Å²) in [6.07, 6.45) is 10.2. The number of amides is 1. The summed E-state index contributed by atoms with van der Waals surface area (Å²) in [5, 5.41) is 3.05. The molecular weight excluding hydrogens is 202 g/mol. The molecule has 3 nitrogen and oxygen atoms in total. The van der Waals surface area contributed by atoms with Crippen molar-refractivity contribution >= 4 is 5.91 Å². The Kier molecular flexibility index (Phi) is 3.65. The first-order chi connectivity index (χ1) is 7.75. The van der Waals surface area contributed by atoms with Gasteiger partial charge in [0.25, 0.3) is 5.91 Å². The third-order valence-electron chi connectivity index (χ3n) is 3.21. The van der Waals surface area contributed by atoms with E-state index in [0.29, 0.717) is 18.4 Å². The predicted octanol–water partition coefficient (Wildman–Crippen LogP) is 2.15. The van der Waals surface area contributed by atoms with Crippen LogP contribution in [0, 0.1) is 5.92 Å². The van der Waals surface area contributed by atoms with E-state index >= 15 is 0 Å². The standard InChI is InChI=1S/C13H19NO2/c1-10-5-4-6-11(9-10)14-13(15)12-7-2-3-8-16-12/h2-3,7,10-11H,4-6,8-9H2,1H3,(H,14,15). The predicted molar refractivity (Wildman–Crippen MR) is 62.7 cm³/mol. The Labute approximate surface area is 96.6 Å². The number of hydrogen-bond donors (Lipinski definition) is 1. The fraction of sp³-hybridized carbons (Fsp3) is 0.615. The fourth-order valence-electron chi connectivity index (χ4n) is 2.36. The number of hydrogen-bond acceptors (Lipinski definition) is 2. The zero-order chi connectivity index (χ0) is 11.4. The monoisotopic (exact) mass is 221 g/mol. The van der Waals surface area contributed by atoms with E-state index in [2.05, 4.69) is 12.2 Å². The highest BCUT2D eigenvalue weighted by molar-refractivity contribution is 5.92. The smallest absolute Gasteiger partial charge is 0.286 e. The summed E-state index contributed by atoms with van der Waals surface area (Å²) >= 11 is 0. The van der Waals surface area contributed by atoms with Crippen molar-refractivity contribution < 1.29 is 9.53 Å². The van der Waals surface area contributed by atoms with E-state index in [1.165, 1.54) is 12.8 Å². The number of ether oxygens (including phenoxy) is 1. The van der Waals surface area contributed by atoms with Crippen molar-refractivity contribution in [3.63, 3.8) is 0 Å². The van der Waals surface area contributed by atoms with Gasteiger partial charge in [-0.1, -0.05) is 25.8 Å². The van der Waals surface area contributed by atoms with Gasteiger partial charge >= 0.3 is 0 Å². The molecule has 3 heteroatoms. The molecule has 0 saturated heterocycles. The van der Waals surface area contributed by atoms with Gasteiger partial charge in [0.05, 0.1) is 0 Å². The molecule has 0 bridgehead atoms. The molecule has 0 aromatic carbocycles. The summed E-state index contributed by atoms with van der Waals surface area (Å²) in [7, 11) is 0. The SMILES string of the molecule is CC1CCCC(NC(=O)C2=CC=CCO2)C1. The molecule has 1 aliphatic carbocycles. The first-order valence-corrected chi connectivity index (χ1v) is 6.06. The molecular formula is C13H19NO2. The summed E-state index contributed by atoms with van der Waals surface area (Å²) in [6, 6.07) is 0.326. The minimum atomic E-state index is -0.0662. The molecule has 88 valence electrons. The lowest BCUT2D eigenvalue weighted by Crippen LogP contribution is -2.39. The first kappa shape index (κ1) is 11.2. The molecule has 1 saturated carbocycles. The summed E-state index contributed by atoms with van der Waals surface area (Å²) in [4.78, 5) is 11.8. The van der Waals surface area contributed by atoms with Gasteiger partial charge in [0, 0.05) is 6.04 Å². The molecule has 1 N–H and O–H groups in total. The third-order valence-corrected chi connectivity index (χ3v) is 3.21. The average molecular weight is 221 g/mol. The van der Waals surface area contributed by atoms with Crippen LogP contribution in [0.2, 0.25) is 0 Å². The number of rotatable bonds is 2. The third kappa shape index (κ3) is 2.87. The van der Waals surface area contributed by atoms with E-state index in [1.54, 1.807) is 6.08 Å². The number of carbonyl (C=O) groups is 1. The Hall–Kier alpha value is -1.25. The van der Waals surface area contributed by atoms with Crippen molar-refractivity contribution in [2.75, 3.05) is 6.61 Å².